The minimum atomic E-state index is -4.55. The smallest absolute Gasteiger partial charge is 0.383 e. The molecule has 5 rings (SSSR count). The second-order valence-electron chi connectivity index (χ2n) is 9.00. The van der Waals surface area contributed by atoms with Gasteiger partial charge in [-0.25, -0.2) is 4.98 Å². The van der Waals surface area contributed by atoms with E-state index in [0.717, 1.165) is 37.7 Å². The summed E-state index contributed by atoms with van der Waals surface area (Å²) < 4.78 is 47.1. The quantitative estimate of drug-likeness (QED) is 0.772. The van der Waals surface area contributed by atoms with Crippen molar-refractivity contribution in [3.8, 4) is 11.3 Å². The number of nitrogen functional groups attached to an aromatic ring is 1. The lowest BCUT2D eigenvalue weighted by Gasteiger charge is -2.42. The number of methoxy groups -OCH3 is 1. The Kier molecular flexibility index (Phi) is 4.67. The number of hydrogen-bond acceptors (Lipinski definition) is 5. The molecule has 2 aliphatic carbocycles. The normalized spacial score (nSPS) is 24.1. The first-order valence-electron chi connectivity index (χ1n) is 10.6. The van der Waals surface area contributed by atoms with E-state index in [1.807, 2.05) is 24.6 Å². The Bertz CT molecular complexity index is 1050. The second-order valence-corrected chi connectivity index (χ2v) is 9.00. The Morgan fingerprint density at radius 3 is 2.55 bits per heavy atom. The predicted molar refractivity (Wildman–Crippen MR) is 111 cm³/mol. The number of halogens is 3. The summed E-state index contributed by atoms with van der Waals surface area (Å²) in [5, 5.41) is 4.63. The first kappa shape index (κ1) is 20.5. The number of nitrogens with two attached hydrogens (primary N) is 1. The van der Waals surface area contributed by atoms with E-state index in [1.54, 1.807) is 7.11 Å². The largest absolute Gasteiger partial charge is 0.419 e. The molecule has 2 aromatic rings. The fourth-order valence-corrected chi connectivity index (χ4v) is 4.95. The van der Waals surface area contributed by atoms with Crippen molar-refractivity contribution < 1.29 is 17.9 Å². The number of fused-ring (bicyclic) bond motifs is 1. The topological polar surface area (TPSA) is 69.2 Å². The zero-order valence-corrected chi connectivity index (χ0v) is 17.8. The first-order chi connectivity index (χ1) is 14.7. The summed E-state index contributed by atoms with van der Waals surface area (Å²) in [4.78, 5) is 6.24. The van der Waals surface area contributed by atoms with Crippen LogP contribution >= 0.6 is 0 Å². The molecule has 0 amide bonds. The number of pyridine rings is 1. The number of aromatic nitrogens is 3. The molecule has 166 valence electrons. The molecule has 3 heterocycles. The van der Waals surface area contributed by atoms with Crippen molar-refractivity contribution in [2.24, 2.45) is 5.92 Å². The van der Waals surface area contributed by atoms with E-state index in [2.05, 4.69) is 15.0 Å². The number of rotatable bonds is 5. The minimum absolute atomic E-state index is 0.0932. The summed E-state index contributed by atoms with van der Waals surface area (Å²) in [6.45, 7) is 6.05. The summed E-state index contributed by atoms with van der Waals surface area (Å²) in [5.74, 6) is -0.0573. The van der Waals surface area contributed by atoms with Crippen molar-refractivity contribution in [3.63, 3.8) is 0 Å². The Morgan fingerprint density at radius 2 is 1.97 bits per heavy atom. The molecule has 6 nitrogen and oxygen atoms in total. The third kappa shape index (κ3) is 3.43. The fraction of sp³-hybridized carbons (Fsp3) is 0.545. The van der Waals surface area contributed by atoms with Crippen LogP contribution in [-0.2, 0) is 10.9 Å². The molecule has 0 radical (unpaired) electrons. The molecular formula is C22H26F3N5O. The van der Waals surface area contributed by atoms with Crippen LogP contribution in [0.25, 0.3) is 16.8 Å². The summed E-state index contributed by atoms with van der Waals surface area (Å²) in [6.07, 6.45) is -0.690. The van der Waals surface area contributed by atoms with Crippen molar-refractivity contribution in [1.82, 2.24) is 19.7 Å². The van der Waals surface area contributed by atoms with Crippen LogP contribution in [0.5, 0.6) is 0 Å². The molecule has 1 unspecified atom stereocenters. The highest BCUT2D eigenvalue weighted by atomic mass is 19.4. The molecule has 2 atom stereocenters. The van der Waals surface area contributed by atoms with Crippen LogP contribution in [0.1, 0.15) is 44.0 Å². The fourth-order valence-electron chi connectivity index (χ4n) is 4.95. The number of ether oxygens (including phenoxy) is 1. The SMILES string of the molecule is COC1CN(C2CC3=C(c4cc(-c5cnc(N)c(C(F)(F)F)c5)nn4C(C)C)[C@@H]3C2)C1. The van der Waals surface area contributed by atoms with Gasteiger partial charge in [0, 0.05) is 50.0 Å². The molecule has 0 spiro atoms. The monoisotopic (exact) mass is 433 g/mol. The van der Waals surface area contributed by atoms with Gasteiger partial charge in [0.2, 0.25) is 0 Å². The zero-order valence-electron chi connectivity index (χ0n) is 17.8. The summed E-state index contributed by atoms with van der Waals surface area (Å²) >= 11 is 0. The highest BCUT2D eigenvalue weighted by molar-refractivity contribution is 5.87. The summed E-state index contributed by atoms with van der Waals surface area (Å²) in [7, 11) is 1.76. The first-order valence-corrected chi connectivity index (χ1v) is 10.6. The average Bonchev–Trinajstić information content (AvgIpc) is 3.03. The van der Waals surface area contributed by atoms with Crippen LogP contribution in [0.15, 0.2) is 23.9 Å². The molecular weight excluding hydrogens is 407 g/mol. The van der Waals surface area contributed by atoms with Gasteiger partial charge in [-0.3, -0.25) is 9.58 Å². The molecule has 2 fully saturated rings. The molecule has 31 heavy (non-hydrogen) atoms. The number of allylic oxidation sites excluding steroid dienone is 1. The average molecular weight is 433 g/mol. The molecule has 1 saturated carbocycles. The number of likely N-dealkylation sites (tertiary alicyclic amines) is 1. The highest BCUT2D eigenvalue weighted by Gasteiger charge is 2.49. The van der Waals surface area contributed by atoms with Crippen LogP contribution in [-0.4, -0.2) is 52.0 Å². The molecule has 1 aliphatic heterocycles. The van der Waals surface area contributed by atoms with Gasteiger partial charge in [-0.05, 0) is 44.4 Å². The highest BCUT2D eigenvalue weighted by Crippen LogP contribution is 2.58. The van der Waals surface area contributed by atoms with E-state index in [-0.39, 0.29) is 6.04 Å². The lowest BCUT2D eigenvalue weighted by Crippen LogP contribution is -2.55. The van der Waals surface area contributed by atoms with Gasteiger partial charge < -0.3 is 10.5 Å². The lowest BCUT2D eigenvalue weighted by atomic mass is 10.0. The zero-order chi connectivity index (χ0) is 22.1. The molecule has 2 N–H and O–H groups in total. The van der Waals surface area contributed by atoms with Gasteiger partial charge in [0.1, 0.15) is 5.82 Å². The van der Waals surface area contributed by atoms with Crippen molar-refractivity contribution in [1.29, 1.82) is 0 Å². The maximum atomic E-state index is 13.3. The number of hydrogen-bond donors (Lipinski definition) is 1. The third-order valence-electron chi connectivity index (χ3n) is 6.74. The van der Waals surface area contributed by atoms with Gasteiger partial charge in [-0.1, -0.05) is 5.57 Å². The Hall–Kier alpha value is -2.39. The Morgan fingerprint density at radius 1 is 1.23 bits per heavy atom. The number of alkyl halides is 3. The third-order valence-corrected chi connectivity index (χ3v) is 6.74. The molecule has 2 aromatic heterocycles. The van der Waals surface area contributed by atoms with E-state index in [1.165, 1.54) is 17.3 Å². The van der Waals surface area contributed by atoms with Crippen LogP contribution in [0.2, 0.25) is 0 Å². The molecule has 3 aliphatic rings. The van der Waals surface area contributed by atoms with Gasteiger partial charge in [0.05, 0.1) is 23.1 Å². The van der Waals surface area contributed by atoms with Gasteiger partial charge in [0.25, 0.3) is 0 Å². The van der Waals surface area contributed by atoms with Crippen LogP contribution < -0.4 is 5.73 Å². The van der Waals surface area contributed by atoms with Gasteiger partial charge >= 0.3 is 6.18 Å². The van der Waals surface area contributed by atoms with Crippen LogP contribution in [0.3, 0.4) is 0 Å². The lowest BCUT2D eigenvalue weighted by molar-refractivity contribution is -0.137. The van der Waals surface area contributed by atoms with Crippen LogP contribution in [0.4, 0.5) is 19.0 Å². The minimum Gasteiger partial charge on any atom is -0.383 e. The summed E-state index contributed by atoms with van der Waals surface area (Å²) in [6, 6.07) is 3.60. The van der Waals surface area contributed by atoms with E-state index in [9.17, 15) is 13.2 Å². The second kappa shape index (κ2) is 7.06. The van der Waals surface area contributed by atoms with E-state index < -0.39 is 17.6 Å². The standard InChI is InChI=1S/C22H26F3N5O/c1-11(2)30-19(20-15-5-13(6-16(15)20)29-9-14(10-29)31-3)7-18(28-30)12-4-17(22(23,24)25)21(26)27-8-12/h4,7-8,11,13-15H,5-6,9-10H2,1-3H3,(H2,26,27)/t13?,15-/m1/s1. The maximum absolute atomic E-state index is 13.3. The molecule has 9 heteroatoms. The van der Waals surface area contributed by atoms with E-state index in [0.29, 0.717) is 29.3 Å². The van der Waals surface area contributed by atoms with Crippen molar-refractivity contribution in [2.45, 2.75) is 51.1 Å². The molecule has 0 bridgehead atoms. The van der Waals surface area contributed by atoms with Gasteiger partial charge in [0.15, 0.2) is 0 Å². The molecule has 0 aromatic carbocycles. The van der Waals surface area contributed by atoms with Gasteiger partial charge in [-0.15, -0.1) is 0 Å². The molecule has 1 saturated heterocycles. The van der Waals surface area contributed by atoms with Crippen molar-refractivity contribution >= 4 is 11.4 Å². The Labute approximate surface area is 178 Å². The number of anilines is 1. The predicted octanol–water partition coefficient (Wildman–Crippen LogP) is 4.00. The Balaban J connectivity index is 1.42. The maximum Gasteiger partial charge on any atom is 0.419 e. The van der Waals surface area contributed by atoms with Crippen molar-refractivity contribution in [2.75, 3.05) is 25.9 Å². The van der Waals surface area contributed by atoms with E-state index in [4.69, 9.17) is 10.5 Å². The van der Waals surface area contributed by atoms with Gasteiger partial charge in [-0.2, -0.15) is 18.3 Å². The summed E-state index contributed by atoms with van der Waals surface area (Å²) in [5.41, 5.74) is 9.12. The number of nitrogens with zero attached hydrogens (tertiary/aromatic N) is 4. The van der Waals surface area contributed by atoms with Crippen LogP contribution in [0, 0.1) is 5.92 Å². The van der Waals surface area contributed by atoms with Crippen molar-refractivity contribution in [3.05, 3.63) is 35.2 Å². The van der Waals surface area contributed by atoms with E-state index >= 15 is 0 Å².